The highest BCUT2D eigenvalue weighted by Gasteiger charge is 2.44. The van der Waals surface area contributed by atoms with Gasteiger partial charge in [0.1, 0.15) is 11.6 Å². The van der Waals surface area contributed by atoms with Gasteiger partial charge in [-0.05, 0) is 24.1 Å². The fraction of sp³-hybridized carbons (Fsp3) is 0.471. The maximum atomic E-state index is 13.6. The molecule has 3 atom stereocenters. The van der Waals surface area contributed by atoms with E-state index >= 15 is 0 Å². The molecule has 27 heavy (non-hydrogen) atoms. The predicted molar refractivity (Wildman–Crippen MR) is 93.2 cm³/mol. The maximum Gasteiger partial charge on any atom is 0.307 e. The number of Topliss-reactive ketones (excluding diaryl/α,β-unsaturated/α-hetero) is 1. The zero-order chi connectivity index (χ0) is 20.1. The average molecular weight is 401 g/mol. The molecule has 0 aliphatic heterocycles. The van der Waals surface area contributed by atoms with Gasteiger partial charge in [-0.15, -0.1) is 0 Å². The van der Waals surface area contributed by atoms with E-state index in [4.69, 9.17) is 16.3 Å². The van der Waals surface area contributed by atoms with Crippen LogP contribution in [-0.4, -0.2) is 35.7 Å². The van der Waals surface area contributed by atoms with E-state index in [0.29, 0.717) is 0 Å². The Kier molecular flexibility index (Phi) is 6.84. The summed E-state index contributed by atoms with van der Waals surface area (Å²) >= 11 is 5.71. The van der Waals surface area contributed by atoms with Crippen LogP contribution in [-0.2, 0) is 19.1 Å². The first kappa shape index (κ1) is 20.8. The van der Waals surface area contributed by atoms with Gasteiger partial charge in [-0.2, -0.15) is 0 Å². The van der Waals surface area contributed by atoms with E-state index in [0.717, 1.165) is 6.07 Å². The Hall–Kier alpha value is -2.55. The Balaban J connectivity index is 1.87. The van der Waals surface area contributed by atoms with Gasteiger partial charge < -0.3 is 10.1 Å². The molecule has 2 rings (SSSR count). The van der Waals surface area contributed by atoms with Gasteiger partial charge in [0, 0.05) is 28.2 Å². The highest BCUT2D eigenvalue weighted by atomic mass is 35.5. The van der Waals surface area contributed by atoms with E-state index in [1.54, 1.807) is 6.92 Å². The number of nitrogens with one attached hydrogen (secondary N) is 1. The van der Waals surface area contributed by atoms with Crippen LogP contribution in [0.2, 0.25) is 5.02 Å². The van der Waals surface area contributed by atoms with Gasteiger partial charge in [-0.1, -0.05) is 18.5 Å². The predicted octanol–water partition coefficient (Wildman–Crippen LogP) is 2.47. The van der Waals surface area contributed by atoms with Gasteiger partial charge in [0.25, 0.3) is 5.91 Å². The number of hydrogen-bond donors (Lipinski definition) is 1. The number of anilines is 1. The van der Waals surface area contributed by atoms with Gasteiger partial charge >= 0.3 is 5.97 Å². The number of nitrogens with zero attached hydrogens (tertiary/aromatic N) is 1. The van der Waals surface area contributed by atoms with Gasteiger partial charge in [0.15, 0.2) is 6.61 Å². The number of carbonyl (C=O) groups is 3. The molecule has 10 heteroatoms. The molecule has 0 radical (unpaired) electrons. The van der Waals surface area contributed by atoms with E-state index < -0.39 is 47.6 Å². The lowest BCUT2D eigenvalue weighted by atomic mass is 9.88. The molecule has 1 amide bonds. The Bertz CT molecular complexity index is 772. The quantitative estimate of drug-likeness (QED) is 0.427. The summed E-state index contributed by atoms with van der Waals surface area (Å²) in [5.41, 5.74) is -0.158. The van der Waals surface area contributed by atoms with E-state index in [1.807, 2.05) is 0 Å². The molecule has 0 heterocycles. The standard InChI is InChI=1S/C17H18ClFN2O6/c1-9-4-15(22)11(12(9)7-21(25)26)6-17(24)27-8-16(23)20-14-5-10(18)2-3-13(14)19/h2-3,5,9,11-12H,4,6-8H2,1H3,(H,20,23)/t9-,11+,12+/m0/s1. The number of hydrogen-bond acceptors (Lipinski definition) is 6. The second-order valence-corrected chi connectivity index (χ2v) is 6.91. The lowest BCUT2D eigenvalue weighted by Gasteiger charge is -2.17. The summed E-state index contributed by atoms with van der Waals surface area (Å²) in [5.74, 6) is -4.07. The van der Waals surface area contributed by atoms with Crippen molar-refractivity contribution in [3.8, 4) is 0 Å². The third-order valence-electron chi connectivity index (χ3n) is 4.50. The van der Waals surface area contributed by atoms with Crippen LogP contribution in [0.4, 0.5) is 10.1 Å². The molecule has 1 N–H and O–H groups in total. The van der Waals surface area contributed by atoms with Crippen LogP contribution in [0.5, 0.6) is 0 Å². The summed E-state index contributed by atoms with van der Waals surface area (Å²) in [6.45, 7) is 0.644. The first-order valence-electron chi connectivity index (χ1n) is 8.22. The van der Waals surface area contributed by atoms with Crippen LogP contribution >= 0.6 is 11.6 Å². The van der Waals surface area contributed by atoms with Crippen molar-refractivity contribution in [1.82, 2.24) is 0 Å². The lowest BCUT2D eigenvalue weighted by Crippen LogP contribution is -2.28. The number of carbonyl (C=O) groups excluding carboxylic acids is 3. The molecule has 8 nitrogen and oxygen atoms in total. The molecule has 1 fully saturated rings. The largest absolute Gasteiger partial charge is 0.456 e. The minimum absolute atomic E-state index is 0.158. The van der Waals surface area contributed by atoms with Crippen LogP contribution < -0.4 is 5.32 Å². The van der Waals surface area contributed by atoms with Crippen LogP contribution in [0.3, 0.4) is 0 Å². The molecule has 0 bridgehead atoms. The second-order valence-electron chi connectivity index (χ2n) is 6.47. The summed E-state index contributed by atoms with van der Waals surface area (Å²) in [7, 11) is 0. The third kappa shape index (κ3) is 5.72. The van der Waals surface area contributed by atoms with Gasteiger partial charge in [0.05, 0.1) is 12.1 Å². The van der Waals surface area contributed by atoms with Crippen molar-refractivity contribution in [2.24, 2.45) is 17.8 Å². The van der Waals surface area contributed by atoms with Crippen LogP contribution in [0.1, 0.15) is 19.8 Å². The van der Waals surface area contributed by atoms with Crippen LogP contribution in [0, 0.1) is 33.7 Å². The van der Waals surface area contributed by atoms with E-state index in [-0.39, 0.29) is 35.3 Å². The van der Waals surface area contributed by atoms with Crippen molar-refractivity contribution in [3.63, 3.8) is 0 Å². The monoisotopic (exact) mass is 400 g/mol. The van der Waals surface area contributed by atoms with Crippen molar-refractivity contribution >= 4 is 34.9 Å². The minimum Gasteiger partial charge on any atom is -0.456 e. The number of amides is 1. The average Bonchev–Trinajstić information content (AvgIpc) is 2.83. The molecule has 1 aromatic rings. The normalized spacial score (nSPS) is 21.7. The van der Waals surface area contributed by atoms with Gasteiger partial charge in [-0.3, -0.25) is 24.5 Å². The zero-order valence-electron chi connectivity index (χ0n) is 14.4. The number of rotatable bonds is 7. The fourth-order valence-corrected chi connectivity index (χ4v) is 3.34. The van der Waals surface area contributed by atoms with Crippen molar-refractivity contribution < 1.29 is 28.4 Å². The first-order chi connectivity index (χ1) is 12.7. The molecule has 0 saturated heterocycles. The Labute approximate surface area is 159 Å². The summed E-state index contributed by atoms with van der Waals surface area (Å²) in [4.78, 5) is 46.0. The van der Waals surface area contributed by atoms with Gasteiger partial charge in [0.2, 0.25) is 6.54 Å². The molecule has 1 aliphatic rings. The summed E-state index contributed by atoms with van der Waals surface area (Å²) in [5, 5.41) is 13.2. The zero-order valence-corrected chi connectivity index (χ0v) is 15.2. The van der Waals surface area contributed by atoms with E-state index in [1.165, 1.54) is 12.1 Å². The Morgan fingerprint density at radius 2 is 2.15 bits per heavy atom. The number of ether oxygens (including phenoxy) is 1. The summed E-state index contributed by atoms with van der Waals surface area (Å²) in [6.07, 6.45) is -0.161. The number of benzene rings is 1. The van der Waals surface area contributed by atoms with E-state index in [9.17, 15) is 28.9 Å². The number of nitro groups is 1. The molecule has 0 aromatic heterocycles. The van der Waals surface area contributed by atoms with E-state index in [2.05, 4.69) is 5.32 Å². The van der Waals surface area contributed by atoms with Crippen LogP contribution in [0.25, 0.3) is 0 Å². The molecule has 1 saturated carbocycles. The van der Waals surface area contributed by atoms with Gasteiger partial charge in [-0.25, -0.2) is 4.39 Å². The lowest BCUT2D eigenvalue weighted by molar-refractivity contribution is -0.490. The molecule has 1 aliphatic carbocycles. The van der Waals surface area contributed by atoms with Crippen molar-refractivity contribution in [1.29, 1.82) is 0 Å². The molecular weight excluding hydrogens is 383 g/mol. The van der Waals surface area contributed by atoms with Crippen molar-refractivity contribution in [2.75, 3.05) is 18.5 Å². The maximum absolute atomic E-state index is 13.6. The van der Waals surface area contributed by atoms with Crippen molar-refractivity contribution in [3.05, 3.63) is 39.2 Å². The topological polar surface area (TPSA) is 116 Å². The van der Waals surface area contributed by atoms with Crippen LogP contribution in [0.15, 0.2) is 18.2 Å². The molecular formula is C17H18ClFN2O6. The smallest absolute Gasteiger partial charge is 0.307 e. The summed E-state index contributed by atoms with van der Waals surface area (Å²) in [6, 6.07) is 3.59. The fourth-order valence-electron chi connectivity index (χ4n) is 3.16. The second kappa shape index (κ2) is 8.90. The summed E-state index contributed by atoms with van der Waals surface area (Å²) < 4.78 is 18.4. The Morgan fingerprint density at radius 3 is 2.81 bits per heavy atom. The number of ketones is 1. The first-order valence-corrected chi connectivity index (χ1v) is 8.60. The minimum atomic E-state index is -0.822. The molecule has 146 valence electrons. The highest BCUT2D eigenvalue weighted by Crippen LogP contribution is 2.36. The molecule has 1 aromatic carbocycles. The number of halogens is 2. The third-order valence-corrected chi connectivity index (χ3v) is 4.73. The number of esters is 1. The molecule has 0 spiro atoms. The Morgan fingerprint density at radius 1 is 1.44 bits per heavy atom. The molecule has 0 unspecified atom stereocenters. The SMILES string of the molecule is C[C@H]1CC(=O)[C@H](CC(=O)OCC(=O)Nc2cc(Cl)ccc2F)[C@@H]1C[N+](=O)[O-]. The highest BCUT2D eigenvalue weighted by molar-refractivity contribution is 6.30. The van der Waals surface area contributed by atoms with Crippen molar-refractivity contribution in [2.45, 2.75) is 19.8 Å².